The van der Waals surface area contributed by atoms with Gasteiger partial charge in [-0.3, -0.25) is 4.79 Å². The van der Waals surface area contributed by atoms with Gasteiger partial charge in [0.1, 0.15) is 5.75 Å². The van der Waals surface area contributed by atoms with Crippen LogP contribution in [-0.4, -0.2) is 39.7 Å². The van der Waals surface area contributed by atoms with Crippen LogP contribution in [0.25, 0.3) is 0 Å². The number of carboxylic acids is 2. The molecule has 0 aliphatic rings. The molecule has 0 aromatic heterocycles. The number of rotatable bonds is 7. The Morgan fingerprint density at radius 1 is 0.929 bits per heavy atom. The second kappa shape index (κ2) is 11.9. The van der Waals surface area contributed by atoms with E-state index in [-0.39, 0.29) is 24.2 Å². The van der Waals surface area contributed by atoms with Crippen molar-refractivity contribution in [1.82, 2.24) is 5.32 Å². The Bertz CT molecular complexity index is 787. The van der Waals surface area contributed by atoms with Crippen LogP contribution >= 0.6 is 0 Å². The fourth-order valence-electron chi connectivity index (χ4n) is 2.20. The molecule has 2 aromatic carbocycles. The zero-order valence-corrected chi connectivity index (χ0v) is 15.0. The van der Waals surface area contributed by atoms with E-state index in [0.29, 0.717) is 18.6 Å². The molecule has 0 bridgehead atoms. The fourth-order valence-corrected chi connectivity index (χ4v) is 2.20. The lowest BCUT2D eigenvalue weighted by Gasteiger charge is -2.19. The number of phenolic OH excluding ortho intramolecular Hbond substituents is 1. The number of nitrogens with two attached hydrogens (primary N) is 1. The van der Waals surface area contributed by atoms with E-state index in [1.54, 1.807) is 24.3 Å². The van der Waals surface area contributed by atoms with E-state index in [0.717, 1.165) is 11.1 Å². The number of aromatic hydroxyl groups is 1. The molecule has 2 aromatic rings. The molecule has 1 amide bonds. The van der Waals surface area contributed by atoms with Crippen LogP contribution in [0.4, 0.5) is 0 Å². The molecule has 2 rings (SSSR count). The number of carboxylic acid groups (broad SMARTS) is 2. The van der Waals surface area contributed by atoms with Gasteiger partial charge in [0.2, 0.25) is 5.91 Å². The Morgan fingerprint density at radius 2 is 1.46 bits per heavy atom. The van der Waals surface area contributed by atoms with Crippen molar-refractivity contribution in [3.63, 3.8) is 0 Å². The molecule has 6 N–H and O–H groups in total. The molecule has 0 saturated heterocycles. The number of aliphatic carboxylic acids is 2. The number of nitrogens with one attached hydrogen (secondary N) is 1. The molecule has 148 valence electrons. The summed E-state index contributed by atoms with van der Waals surface area (Å²) in [6, 6.07) is 16.6. The quantitative estimate of drug-likeness (QED) is 0.452. The molecular weight excluding hydrogens is 364 g/mol. The third kappa shape index (κ3) is 9.16. The first-order chi connectivity index (χ1) is 13.3. The highest BCUT2D eigenvalue weighted by atomic mass is 16.4. The van der Waals surface area contributed by atoms with Crippen molar-refractivity contribution in [2.75, 3.05) is 6.54 Å². The summed E-state index contributed by atoms with van der Waals surface area (Å²) in [7, 11) is 0. The molecule has 8 heteroatoms. The smallest absolute Gasteiger partial charge is 0.328 e. The maximum atomic E-state index is 11.6. The number of amides is 1. The highest BCUT2D eigenvalue weighted by Crippen LogP contribution is 2.20. The van der Waals surface area contributed by atoms with Gasteiger partial charge in [-0.1, -0.05) is 42.5 Å². The van der Waals surface area contributed by atoms with E-state index in [9.17, 15) is 19.5 Å². The van der Waals surface area contributed by atoms with Gasteiger partial charge < -0.3 is 26.4 Å². The van der Waals surface area contributed by atoms with E-state index in [2.05, 4.69) is 5.32 Å². The van der Waals surface area contributed by atoms with Crippen LogP contribution in [0.2, 0.25) is 0 Å². The van der Waals surface area contributed by atoms with Crippen LogP contribution < -0.4 is 11.1 Å². The molecular formula is C20H22N2O6. The SMILES string of the molecule is NCC(=O)NC(Cc1ccccc1)c1ccc(O)cc1.O=C(O)C=CC(=O)O. The zero-order chi connectivity index (χ0) is 20.9. The monoisotopic (exact) mass is 386 g/mol. The summed E-state index contributed by atoms with van der Waals surface area (Å²) >= 11 is 0. The van der Waals surface area contributed by atoms with Crippen molar-refractivity contribution in [3.8, 4) is 5.75 Å². The van der Waals surface area contributed by atoms with E-state index < -0.39 is 11.9 Å². The molecule has 28 heavy (non-hydrogen) atoms. The summed E-state index contributed by atoms with van der Waals surface area (Å²) in [6.07, 6.45) is 1.79. The Balaban J connectivity index is 0.000000416. The summed E-state index contributed by atoms with van der Waals surface area (Å²) < 4.78 is 0. The van der Waals surface area contributed by atoms with E-state index in [1.807, 2.05) is 30.3 Å². The number of hydrogen-bond donors (Lipinski definition) is 5. The topological polar surface area (TPSA) is 150 Å². The van der Waals surface area contributed by atoms with Crippen molar-refractivity contribution < 1.29 is 29.7 Å². The van der Waals surface area contributed by atoms with Crippen LogP contribution in [0, 0.1) is 0 Å². The van der Waals surface area contributed by atoms with E-state index >= 15 is 0 Å². The normalized spacial score (nSPS) is 11.2. The second-order valence-electron chi connectivity index (χ2n) is 5.62. The molecule has 0 radical (unpaired) electrons. The summed E-state index contributed by atoms with van der Waals surface area (Å²) in [5.41, 5.74) is 7.43. The van der Waals surface area contributed by atoms with Crippen LogP contribution in [-0.2, 0) is 20.8 Å². The van der Waals surface area contributed by atoms with Crippen LogP contribution in [0.5, 0.6) is 5.75 Å². The Hall–Kier alpha value is -3.65. The van der Waals surface area contributed by atoms with Gasteiger partial charge in [-0.15, -0.1) is 0 Å². The average molecular weight is 386 g/mol. The van der Waals surface area contributed by atoms with Gasteiger partial charge in [0, 0.05) is 12.2 Å². The van der Waals surface area contributed by atoms with Crippen molar-refractivity contribution in [3.05, 3.63) is 77.9 Å². The predicted octanol–water partition coefficient (Wildman–Crippen LogP) is 1.46. The average Bonchev–Trinajstić information content (AvgIpc) is 2.67. The van der Waals surface area contributed by atoms with Gasteiger partial charge in [-0.2, -0.15) is 0 Å². The summed E-state index contributed by atoms with van der Waals surface area (Å²) in [6.45, 7) is -0.0383. The molecule has 0 aliphatic carbocycles. The van der Waals surface area contributed by atoms with Crippen molar-refractivity contribution >= 4 is 17.8 Å². The molecule has 0 aliphatic heterocycles. The van der Waals surface area contributed by atoms with Gasteiger partial charge in [0.15, 0.2) is 0 Å². The summed E-state index contributed by atoms with van der Waals surface area (Å²) in [5.74, 6) is -2.50. The predicted molar refractivity (Wildman–Crippen MR) is 103 cm³/mol. The molecule has 0 heterocycles. The minimum atomic E-state index is -1.26. The van der Waals surface area contributed by atoms with Crippen LogP contribution in [0.1, 0.15) is 17.2 Å². The number of phenols is 1. The van der Waals surface area contributed by atoms with Gasteiger partial charge >= 0.3 is 11.9 Å². The highest BCUT2D eigenvalue weighted by molar-refractivity contribution is 5.89. The first-order valence-corrected chi connectivity index (χ1v) is 8.28. The highest BCUT2D eigenvalue weighted by Gasteiger charge is 2.14. The second-order valence-corrected chi connectivity index (χ2v) is 5.62. The largest absolute Gasteiger partial charge is 0.508 e. The van der Waals surface area contributed by atoms with Crippen LogP contribution in [0.3, 0.4) is 0 Å². The third-order valence-electron chi connectivity index (χ3n) is 3.47. The Kier molecular flexibility index (Phi) is 9.49. The van der Waals surface area contributed by atoms with Gasteiger partial charge in [0.25, 0.3) is 0 Å². The van der Waals surface area contributed by atoms with E-state index in [4.69, 9.17) is 15.9 Å². The minimum Gasteiger partial charge on any atom is -0.508 e. The van der Waals surface area contributed by atoms with Crippen LogP contribution in [0.15, 0.2) is 66.7 Å². The summed E-state index contributed by atoms with van der Waals surface area (Å²) in [4.78, 5) is 30.7. The molecule has 8 nitrogen and oxygen atoms in total. The molecule has 1 unspecified atom stereocenters. The lowest BCUT2D eigenvalue weighted by Crippen LogP contribution is -2.34. The van der Waals surface area contributed by atoms with Crippen molar-refractivity contribution in [2.24, 2.45) is 5.73 Å². The maximum absolute atomic E-state index is 11.6. The first kappa shape index (κ1) is 22.4. The molecule has 0 saturated carbocycles. The van der Waals surface area contributed by atoms with Crippen molar-refractivity contribution in [2.45, 2.75) is 12.5 Å². The summed E-state index contributed by atoms with van der Waals surface area (Å²) in [5, 5.41) is 27.9. The molecule has 1 atom stereocenters. The molecule has 0 spiro atoms. The minimum absolute atomic E-state index is 0.0383. The number of hydrogen-bond acceptors (Lipinski definition) is 5. The van der Waals surface area contributed by atoms with Crippen molar-refractivity contribution in [1.29, 1.82) is 0 Å². The standard InChI is InChI=1S/C16H18N2O2.C4H4O4/c17-11-16(20)18-15(10-12-4-2-1-3-5-12)13-6-8-14(19)9-7-13;5-3(6)1-2-4(7)8/h1-9,15,19H,10-11,17H2,(H,18,20);1-2H,(H,5,6)(H,7,8). The lowest BCUT2D eigenvalue weighted by molar-refractivity contribution is -0.134. The Labute approximate surface area is 161 Å². The van der Waals surface area contributed by atoms with Gasteiger partial charge in [-0.05, 0) is 29.7 Å². The van der Waals surface area contributed by atoms with Gasteiger partial charge in [0.05, 0.1) is 12.6 Å². The zero-order valence-electron chi connectivity index (χ0n) is 15.0. The fraction of sp³-hybridized carbons (Fsp3) is 0.150. The Morgan fingerprint density at radius 3 is 1.93 bits per heavy atom. The lowest BCUT2D eigenvalue weighted by atomic mass is 9.98. The van der Waals surface area contributed by atoms with Gasteiger partial charge in [-0.25, -0.2) is 9.59 Å². The third-order valence-corrected chi connectivity index (χ3v) is 3.47. The number of carbonyl (C=O) groups excluding carboxylic acids is 1. The van der Waals surface area contributed by atoms with E-state index in [1.165, 1.54) is 0 Å². The number of carbonyl (C=O) groups is 3. The number of benzene rings is 2. The maximum Gasteiger partial charge on any atom is 0.328 e. The first-order valence-electron chi connectivity index (χ1n) is 8.28. The molecule has 0 fully saturated rings.